The molecule has 4 N–H and O–H groups in total. The Labute approximate surface area is 145 Å². The van der Waals surface area contributed by atoms with Gasteiger partial charge in [-0.05, 0) is 61.6 Å². The lowest BCUT2D eigenvalue weighted by Gasteiger charge is -2.27. The smallest absolute Gasteiger partial charge is 0.105 e. The summed E-state index contributed by atoms with van der Waals surface area (Å²) in [6.45, 7) is 12.6. The Hall–Kier alpha value is -2.39. The fraction of sp³-hybridized carbons (Fsp3) is 0.286. The molecule has 1 unspecified atom stereocenters. The lowest BCUT2D eigenvalue weighted by molar-refractivity contribution is 0.592. The summed E-state index contributed by atoms with van der Waals surface area (Å²) in [7, 11) is 0. The molecule has 0 bridgehead atoms. The Morgan fingerprint density at radius 2 is 1.88 bits per heavy atom. The van der Waals surface area contributed by atoms with Crippen LogP contribution in [0, 0.1) is 6.92 Å². The number of benzene rings is 2. The molecular weight excluding hydrogens is 294 g/mol. The van der Waals surface area contributed by atoms with Gasteiger partial charge in [-0.2, -0.15) is 0 Å². The molecule has 0 aliphatic rings. The van der Waals surface area contributed by atoms with Crippen LogP contribution < -0.4 is 11.5 Å². The summed E-state index contributed by atoms with van der Waals surface area (Å²) in [5.74, 6) is 0.545. The molecule has 0 aliphatic heterocycles. The zero-order chi connectivity index (χ0) is 17.9. The van der Waals surface area contributed by atoms with E-state index in [0.717, 1.165) is 27.8 Å². The summed E-state index contributed by atoms with van der Waals surface area (Å²) in [5, 5.41) is 0. The quantitative estimate of drug-likeness (QED) is 0.490. The van der Waals surface area contributed by atoms with Crippen LogP contribution in [0.1, 0.15) is 37.5 Å². The van der Waals surface area contributed by atoms with Crippen LogP contribution in [0.5, 0.6) is 0 Å². The van der Waals surface area contributed by atoms with Crippen LogP contribution in [0.4, 0.5) is 0 Å². The maximum atomic E-state index is 5.92. The normalized spacial score (nSPS) is 14.3. The van der Waals surface area contributed by atoms with E-state index in [9.17, 15) is 0 Å². The van der Waals surface area contributed by atoms with Gasteiger partial charge >= 0.3 is 0 Å². The van der Waals surface area contributed by atoms with Gasteiger partial charge in [0, 0.05) is 6.54 Å². The predicted octanol–water partition coefficient (Wildman–Crippen LogP) is 4.29. The number of aryl methyl sites for hydroxylation is 1. The Balaban J connectivity index is 2.63. The van der Waals surface area contributed by atoms with E-state index < -0.39 is 5.54 Å². The second-order valence-electron chi connectivity index (χ2n) is 6.55. The van der Waals surface area contributed by atoms with Crippen LogP contribution in [-0.4, -0.2) is 5.84 Å². The number of rotatable bonds is 5. The lowest BCUT2D eigenvalue weighted by atomic mass is 9.84. The summed E-state index contributed by atoms with van der Waals surface area (Å²) in [6, 6.07) is 14.8. The highest BCUT2D eigenvalue weighted by Gasteiger charge is 2.27. The van der Waals surface area contributed by atoms with E-state index in [1.54, 1.807) is 6.92 Å². The van der Waals surface area contributed by atoms with E-state index in [1.807, 2.05) is 13.8 Å². The molecule has 1 atom stereocenters. The maximum absolute atomic E-state index is 5.92. The third-order valence-corrected chi connectivity index (χ3v) is 4.45. The van der Waals surface area contributed by atoms with E-state index in [2.05, 4.69) is 61.0 Å². The van der Waals surface area contributed by atoms with Crippen molar-refractivity contribution in [2.24, 2.45) is 16.5 Å². The van der Waals surface area contributed by atoms with E-state index >= 15 is 0 Å². The van der Waals surface area contributed by atoms with Crippen LogP contribution in [0.25, 0.3) is 11.1 Å². The second-order valence-corrected chi connectivity index (χ2v) is 6.55. The minimum Gasteiger partial charge on any atom is -0.388 e. The molecule has 0 heterocycles. The van der Waals surface area contributed by atoms with Crippen molar-refractivity contribution >= 4 is 5.84 Å². The Morgan fingerprint density at radius 1 is 1.17 bits per heavy atom. The molecule has 0 amide bonds. The van der Waals surface area contributed by atoms with Crippen LogP contribution in [0.2, 0.25) is 0 Å². The van der Waals surface area contributed by atoms with E-state index in [4.69, 9.17) is 11.5 Å². The fourth-order valence-corrected chi connectivity index (χ4v) is 2.89. The molecule has 2 rings (SSSR count). The highest BCUT2D eigenvalue weighted by Crippen LogP contribution is 2.35. The van der Waals surface area contributed by atoms with Gasteiger partial charge in [-0.15, -0.1) is 0 Å². The Morgan fingerprint density at radius 3 is 2.46 bits per heavy atom. The number of amidine groups is 1. The van der Waals surface area contributed by atoms with Gasteiger partial charge in [-0.3, -0.25) is 4.99 Å². The highest BCUT2D eigenvalue weighted by atomic mass is 14.9. The van der Waals surface area contributed by atoms with Gasteiger partial charge in [-0.1, -0.05) is 48.5 Å². The molecule has 2 aromatic rings. The zero-order valence-electron chi connectivity index (χ0n) is 15.1. The first kappa shape index (κ1) is 18.0. The zero-order valence-corrected chi connectivity index (χ0v) is 15.1. The molecule has 2 aromatic carbocycles. The molecule has 0 radical (unpaired) electrons. The third kappa shape index (κ3) is 3.57. The molecule has 3 nitrogen and oxygen atoms in total. The molecule has 0 spiro atoms. The predicted molar refractivity (Wildman–Crippen MR) is 104 cm³/mol. The van der Waals surface area contributed by atoms with Gasteiger partial charge in [0.2, 0.25) is 0 Å². The average Bonchev–Trinajstić information content (AvgIpc) is 2.54. The standard InChI is InChI=1S/C21H27N3/c1-14(2)21(5,24-16(4)23)19-8-6-7-17(12-19)20-11-15(3)9-10-18(20)13-22/h6-12H,1,13,22H2,2-5H3,(H2,23,24). The summed E-state index contributed by atoms with van der Waals surface area (Å²) in [5.41, 5.74) is 17.9. The van der Waals surface area contributed by atoms with Crippen molar-refractivity contribution in [2.75, 3.05) is 0 Å². The first-order valence-electron chi connectivity index (χ1n) is 8.16. The third-order valence-electron chi connectivity index (χ3n) is 4.45. The number of nitrogens with zero attached hydrogens (tertiary/aromatic N) is 1. The van der Waals surface area contributed by atoms with Gasteiger partial charge in [-0.25, -0.2) is 0 Å². The Kier molecular flexibility index (Phi) is 5.25. The second kappa shape index (κ2) is 7.02. The number of aliphatic imine (C=N–C) groups is 1. The van der Waals surface area contributed by atoms with E-state index in [-0.39, 0.29) is 0 Å². The van der Waals surface area contributed by atoms with Gasteiger partial charge in [0.15, 0.2) is 0 Å². The number of hydrogen-bond donors (Lipinski definition) is 2. The first-order chi connectivity index (χ1) is 11.3. The van der Waals surface area contributed by atoms with Crippen molar-refractivity contribution in [3.05, 3.63) is 71.3 Å². The lowest BCUT2D eigenvalue weighted by Crippen LogP contribution is -2.24. The Bertz CT molecular complexity index is 785. The van der Waals surface area contributed by atoms with Crippen molar-refractivity contribution in [1.82, 2.24) is 0 Å². The summed E-state index contributed by atoms with van der Waals surface area (Å²) in [6.07, 6.45) is 0. The summed E-state index contributed by atoms with van der Waals surface area (Å²) < 4.78 is 0. The number of nitrogens with two attached hydrogens (primary N) is 2. The van der Waals surface area contributed by atoms with Crippen molar-refractivity contribution in [1.29, 1.82) is 0 Å². The van der Waals surface area contributed by atoms with Crippen molar-refractivity contribution in [3.63, 3.8) is 0 Å². The van der Waals surface area contributed by atoms with E-state index in [0.29, 0.717) is 12.4 Å². The van der Waals surface area contributed by atoms with Gasteiger partial charge < -0.3 is 11.5 Å². The molecule has 24 heavy (non-hydrogen) atoms. The van der Waals surface area contributed by atoms with Crippen molar-refractivity contribution in [2.45, 2.75) is 39.8 Å². The maximum Gasteiger partial charge on any atom is 0.105 e. The monoisotopic (exact) mass is 321 g/mol. The topological polar surface area (TPSA) is 64.4 Å². The molecule has 0 saturated heterocycles. The largest absolute Gasteiger partial charge is 0.388 e. The van der Waals surface area contributed by atoms with Gasteiger partial charge in [0.25, 0.3) is 0 Å². The van der Waals surface area contributed by atoms with Crippen LogP contribution in [-0.2, 0) is 12.1 Å². The molecule has 0 fully saturated rings. The van der Waals surface area contributed by atoms with Crippen molar-refractivity contribution < 1.29 is 0 Å². The molecule has 0 aromatic heterocycles. The van der Waals surface area contributed by atoms with Crippen LogP contribution in [0.3, 0.4) is 0 Å². The van der Waals surface area contributed by atoms with Crippen molar-refractivity contribution in [3.8, 4) is 11.1 Å². The number of hydrogen-bond acceptors (Lipinski definition) is 2. The fourth-order valence-electron chi connectivity index (χ4n) is 2.89. The summed E-state index contributed by atoms with van der Waals surface area (Å²) in [4.78, 5) is 4.64. The molecule has 3 heteroatoms. The van der Waals surface area contributed by atoms with Gasteiger partial charge in [0.1, 0.15) is 5.54 Å². The highest BCUT2D eigenvalue weighted by molar-refractivity contribution is 5.78. The molecule has 126 valence electrons. The van der Waals surface area contributed by atoms with E-state index in [1.165, 1.54) is 5.56 Å². The first-order valence-corrected chi connectivity index (χ1v) is 8.16. The molecular formula is C21H27N3. The molecule has 0 saturated carbocycles. The summed E-state index contributed by atoms with van der Waals surface area (Å²) >= 11 is 0. The van der Waals surface area contributed by atoms with Gasteiger partial charge in [0.05, 0.1) is 5.84 Å². The minimum absolute atomic E-state index is 0.512. The average molecular weight is 321 g/mol. The minimum atomic E-state index is -0.540. The molecule has 0 aliphatic carbocycles. The van der Waals surface area contributed by atoms with Crippen LogP contribution in [0.15, 0.2) is 59.6 Å². The van der Waals surface area contributed by atoms with Crippen LogP contribution >= 0.6 is 0 Å². The SMILES string of the molecule is C=C(C)C(C)(N=C(C)N)c1cccc(-c2cc(C)ccc2CN)c1.